The number of likely N-dealkylation sites (tertiary alicyclic amines) is 1. The lowest BCUT2D eigenvalue weighted by Crippen LogP contribution is -2.46. The second-order valence-electron chi connectivity index (χ2n) is 5.04. The summed E-state index contributed by atoms with van der Waals surface area (Å²) in [5.74, 6) is -0.272. The fourth-order valence-electron chi connectivity index (χ4n) is 2.20. The third-order valence-electron chi connectivity index (χ3n) is 3.42. The summed E-state index contributed by atoms with van der Waals surface area (Å²) in [4.78, 5) is 24.6. The van der Waals surface area contributed by atoms with Crippen LogP contribution in [0, 0.1) is 0 Å². The molecule has 0 aromatic heterocycles. The van der Waals surface area contributed by atoms with Crippen molar-refractivity contribution in [2.45, 2.75) is 18.1 Å². The van der Waals surface area contributed by atoms with Crippen molar-refractivity contribution >= 4 is 21.5 Å². The van der Waals surface area contributed by atoms with Crippen molar-refractivity contribution in [2.75, 3.05) is 19.3 Å². The van der Waals surface area contributed by atoms with Gasteiger partial charge in [-0.25, -0.2) is 8.42 Å². The van der Waals surface area contributed by atoms with Gasteiger partial charge in [0.05, 0.1) is 11.8 Å². The fraction of sp³-hybridized carbons (Fsp3) is 0.429. The van der Waals surface area contributed by atoms with E-state index in [2.05, 4.69) is 0 Å². The molecule has 6 heteroatoms. The maximum atomic E-state index is 12.0. The van der Waals surface area contributed by atoms with Crippen molar-refractivity contribution in [3.8, 4) is 0 Å². The van der Waals surface area contributed by atoms with E-state index in [0.717, 1.165) is 6.26 Å². The van der Waals surface area contributed by atoms with Crippen molar-refractivity contribution in [3.63, 3.8) is 0 Å². The first-order valence-corrected chi connectivity index (χ1v) is 8.36. The van der Waals surface area contributed by atoms with Crippen LogP contribution in [0.2, 0.25) is 0 Å². The highest BCUT2D eigenvalue weighted by Crippen LogP contribution is 2.26. The van der Waals surface area contributed by atoms with E-state index < -0.39 is 15.1 Å². The normalized spacial score (nSPS) is 16.6. The fourth-order valence-corrected chi connectivity index (χ4v) is 3.34. The SMILES string of the molecule is CS(=O)(=O)C(CC(=O)CN1CCC1=O)c1ccccc1. The highest BCUT2D eigenvalue weighted by molar-refractivity contribution is 7.91. The summed E-state index contributed by atoms with van der Waals surface area (Å²) in [6.07, 6.45) is 1.51. The number of nitrogens with zero attached hydrogens (tertiary/aromatic N) is 1. The van der Waals surface area contributed by atoms with Crippen LogP contribution in [0.3, 0.4) is 0 Å². The van der Waals surface area contributed by atoms with Gasteiger partial charge in [-0.15, -0.1) is 0 Å². The van der Waals surface area contributed by atoms with E-state index in [-0.39, 0.29) is 24.7 Å². The van der Waals surface area contributed by atoms with E-state index in [1.54, 1.807) is 30.3 Å². The maximum Gasteiger partial charge on any atom is 0.224 e. The van der Waals surface area contributed by atoms with E-state index in [9.17, 15) is 18.0 Å². The second-order valence-corrected chi connectivity index (χ2v) is 7.27. The molecule has 1 fully saturated rings. The topological polar surface area (TPSA) is 71.5 Å². The van der Waals surface area contributed by atoms with Gasteiger partial charge in [0.2, 0.25) is 5.91 Å². The van der Waals surface area contributed by atoms with Gasteiger partial charge in [-0.2, -0.15) is 0 Å². The quantitative estimate of drug-likeness (QED) is 0.733. The average molecular weight is 295 g/mol. The molecule has 1 amide bonds. The monoisotopic (exact) mass is 295 g/mol. The molecule has 0 bridgehead atoms. The van der Waals surface area contributed by atoms with Crippen molar-refractivity contribution in [1.82, 2.24) is 4.90 Å². The molecule has 1 aromatic rings. The molecule has 0 aliphatic carbocycles. The van der Waals surface area contributed by atoms with Gasteiger partial charge in [0.25, 0.3) is 0 Å². The maximum absolute atomic E-state index is 12.0. The summed E-state index contributed by atoms with van der Waals surface area (Å²) >= 11 is 0. The summed E-state index contributed by atoms with van der Waals surface area (Å²) < 4.78 is 23.7. The molecule has 5 nitrogen and oxygen atoms in total. The average Bonchev–Trinajstić information content (AvgIpc) is 2.40. The van der Waals surface area contributed by atoms with Crippen LogP contribution in [-0.2, 0) is 19.4 Å². The summed E-state index contributed by atoms with van der Waals surface area (Å²) in [6.45, 7) is 0.594. The van der Waals surface area contributed by atoms with Crippen molar-refractivity contribution in [3.05, 3.63) is 35.9 Å². The minimum atomic E-state index is -3.38. The number of amides is 1. The Morgan fingerprint density at radius 3 is 2.40 bits per heavy atom. The molecule has 0 radical (unpaired) electrons. The molecule has 0 saturated carbocycles. The number of hydrogen-bond acceptors (Lipinski definition) is 4. The predicted molar refractivity (Wildman–Crippen MR) is 74.8 cm³/mol. The summed E-state index contributed by atoms with van der Waals surface area (Å²) in [5.41, 5.74) is 0.610. The molecule has 108 valence electrons. The Morgan fingerprint density at radius 2 is 1.95 bits per heavy atom. The second kappa shape index (κ2) is 5.75. The molecular weight excluding hydrogens is 278 g/mol. The van der Waals surface area contributed by atoms with Gasteiger partial charge in [0.15, 0.2) is 15.6 Å². The third kappa shape index (κ3) is 3.45. The summed E-state index contributed by atoms with van der Waals surface area (Å²) in [5, 5.41) is -0.840. The van der Waals surface area contributed by atoms with Gasteiger partial charge in [-0.3, -0.25) is 9.59 Å². The highest BCUT2D eigenvalue weighted by atomic mass is 32.2. The Labute approximate surface area is 118 Å². The lowest BCUT2D eigenvalue weighted by molar-refractivity contribution is -0.143. The molecule has 1 saturated heterocycles. The molecule has 20 heavy (non-hydrogen) atoms. The zero-order valence-electron chi connectivity index (χ0n) is 11.3. The van der Waals surface area contributed by atoms with Gasteiger partial charge < -0.3 is 4.90 Å². The number of sulfone groups is 1. The number of carbonyl (C=O) groups is 2. The Hall–Kier alpha value is -1.69. The Bertz CT molecular complexity index is 609. The molecule has 1 aliphatic heterocycles. The first-order chi connectivity index (χ1) is 9.38. The van der Waals surface area contributed by atoms with Gasteiger partial charge in [0.1, 0.15) is 0 Å². The van der Waals surface area contributed by atoms with Crippen LogP contribution in [0.4, 0.5) is 0 Å². The highest BCUT2D eigenvalue weighted by Gasteiger charge is 2.29. The van der Waals surface area contributed by atoms with Crippen molar-refractivity contribution < 1.29 is 18.0 Å². The first-order valence-electron chi connectivity index (χ1n) is 6.41. The number of ketones is 1. The Morgan fingerprint density at radius 1 is 1.30 bits per heavy atom. The van der Waals surface area contributed by atoms with Gasteiger partial charge in [-0.05, 0) is 5.56 Å². The van der Waals surface area contributed by atoms with Crippen LogP contribution in [0.1, 0.15) is 23.7 Å². The number of rotatable bonds is 6. The van der Waals surface area contributed by atoms with Crippen molar-refractivity contribution in [2.24, 2.45) is 0 Å². The molecule has 1 aliphatic rings. The largest absolute Gasteiger partial charge is 0.335 e. The minimum absolute atomic E-state index is 0.0116. The standard InChI is InChI=1S/C14H17NO4S/c1-20(18,19)13(11-5-3-2-4-6-11)9-12(16)10-15-8-7-14(15)17/h2-6,13H,7-10H2,1H3. The molecule has 0 spiro atoms. The molecule has 1 aromatic carbocycles. The molecule has 0 N–H and O–H groups in total. The van der Waals surface area contributed by atoms with Crippen LogP contribution < -0.4 is 0 Å². The van der Waals surface area contributed by atoms with Crippen LogP contribution in [0.5, 0.6) is 0 Å². The smallest absolute Gasteiger partial charge is 0.224 e. The van der Waals surface area contributed by atoms with Gasteiger partial charge in [0, 0.05) is 25.6 Å². The number of hydrogen-bond donors (Lipinski definition) is 0. The number of β-lactam (4-membered cyclic amide) rings is 1. The Kier molecular flexibility index (Phi) is 4.23. The lowest BCUT2D eigenvalue weighted by Gasteiger charge is -2.30. The van der Waals surface area contributed by atoms with Crippen LogP contribution in [-0.4, -0.2) is 44.4 Å². The molecule has 1 heterocycles. The summed E-state index contributed by atoms with van der Waals surface area (Å²) in [7, 11) is -3.38. The van der Waals surface area contributed by atoms with E-state index in [1.807, 2.05) is 0 Å². The first kappa shape index (κ1) is 14.7. The predicted octanol–water partition coefficient (Wildman–Crippen LogP) is 0.964. The third-order valence-corrected chi connectivity index (χ3v) is 4.89. The summed E-state index contributed by atoms with van der Waals surface area (Å²) in [6, 6.07) is 8.69. The lowest BCUT2D eigenvalue weighted by atomic mass is 10.1. The molecule has 2 rings (SSSR count). The van der Waals surface area contributed by atoms with E-state index in [1.165, 1.54) is 4.90 Å². The van der Waals surface area contributed by atoms with Gasteiger partial charge in [-0.1, -0.05) is 30.3 Å². The van der Waals surface area contributed by atoms with Crippen LogP contribution in [0.15, 0.2) is 30.3 Å². The zero-order chi connectivity index (χ0) is 14.8. The van der Waals surface area contributed by atoms with Crippen LogP contribution >= 0.6 is 0 Å². The van der Waals surface area contributed by atoms with E-state index in [4.69, 9.17) is 0 Å². The van der Waals surface area contributed by atoms with E-state index in [0.29, 0.717) is 18.5 Å². The Balaban J connectivity index is 2.09. The minimum Gasteiger partial charge on any atom is -0.335 e. The molecule has 1 unspecified atom stereocenters. The zero-order valence-corrected chi connectivity index (χ0v) is 12.1. The number of carbonyl (C=O) groups excluding carboxylic acids is 2. The molecular formula is C14H17NO4S. The molecule has 1 atom stereocenters. The van der Waals surface area contributed by atoms with Gasteiger partial charge >= 0.3 is 0 Å². The van der Waals surface area contributed by atoms with Crippen LogP contribution in [0.25, 0.3) is 0 Å². The number of Topliss-reactive ketones (excluding diaryl/α,β-unsaturated/α-hetero) is 1. The van der Waals surface area contributed by atoms with Crippen molar-refractivity contribution in [1.29, 1.82) is 0 Å². The van der Waals surface area contributed by atoms with E-state index >= 15 is 0 Å². The number of benzene rings is 1.